The van der Waals surface area contributed by atoms with Crippen LogP contribution in [0, 0.1) is 23.2 Å². The summed E-state index contributed by atoms with van der Waals surface area (Å²) in [6.45, 7) is 1.59. The molecule has 3 N–H and O–H groups in total. The van der Waals surface area contributed by atoms with Crippen LogP contribution in [0.2, 0.25) is 0 Å². The summed E-state index contributed by atoms with van der Waals surface area (Å²) in [5.74, 6) is -1.00. The van der Waals surface area contributed by atoms with Gasteiger partial charge in [-0.25, -0.2) is 4.79 Å². The highest BCUT2D eigenvalue weighted by atomic mass is 16.5. The minimum atomic E-state index is -1.33. The maximum absolute atomic E-state index is 13.7. The summed E-state index contributed by atoms with van der Waals surface area (Å²) in [5, 5.41) is 15.1. The molecule has 0 aromatic heterocycles. The zero-order valence-corrected chi connectivity index (χ0v) is 22.3. The molecular weight excluding hydrogens is 506 g/mol. The highest BCUT2D eigenvalue weighted by Gasteiger charge is 2.55. The summed E-state index contributed by atoms with van der Waals surface area (Å²) in [6, 6.07) is -2.26. The molecular formula is C27H39N5O7. The Morgan fingerprint density at radius 3 is 2.31 bits per heavy atom. The molecule has 5 fully saturated rings. The molecule has 2 atom stereocenters. The lowest BCUT2D eigenvalue weighted by molar-refractivity contribution is -0.149. The summed E-state index contributed by atoms with van der Waals surface area (Å²) in [4.78, 5) is 66.8. The highest BCUT2D eigenvalue weighted by Crippen LogP contribution is 2.60. The second-order valence-electron chi connectivity index (χ2n) is 11.8. The number of unbranched alkanes of at least 4 members (excludes halogenated alkanes) is 1. The molecule has 4 saturated carbocycles. The maximum atomic E-state index is 13.7. The predicted octanol–water partition coefficient (Wildman–Crippen LogP) is 0.936. The smallest absolute Gasteiger partial charge is 0.326 e. The third-order valence-corrected chi connectivity index (χ3v) is 8.89. The van der Waals surface area contributed by atoms with E-state index >= 15 is 0 Å². The number of aliphatic carboxylic acids is 1. The number of carbonyl (C=O) groups excluding carboxylic acids is 4. The molecule has 0 aromatic carbocycles. The fourth-order valence-corrected chi connectivity index (χ4v) is 7.35. The number of nitrogens with zero attached hydrogens (tertiary/aromatic N) is 3. The van der Waals surface area contributed by atoms with Gasteiger partial charge in [-0.2, -0.15) is 4.79 Å². The van der Waals surface area contributed by atoms with Gasteiger partial charge in [0.15, 0.2) is 0 Å². The van der Waals surface area contributed by atoms with Crippen molar-refractivity contribution in [3.8, 4) is 0 Å². The van der Waals surface area contributed by atoms with Crippen LogP contribution >= 0.6 is 0 Å². The fourth-order valence-electron chi connectivity index (χ4n) is 7.35. The van der Waals surface area contributed by atoms with Crippen LogP contribution in [0.5, 0.6) is 0 Å². The Labute approximate surface area is 227 Å². The molecule has 1 saturated heterocycles. The van der Waals surface area contributed by atoms with Crippen molar-refractivity contribution >= 4 is 35.7 Å². The van der Waals surface area contributed by atoms with E-state index in [4.69, 9.17) is 10.3 Å². The molecule has 0 unspecified atom stereocenters. The van der Waals surface area contributed by atoms with Crippen LogP contribution in [0.3, 0.4) is 0 Å². The van der Waals surface area contributed by atoms with E-state index < -0.39 is 35.2 Å². The largest absolute Gasteiger partial charge is 0.480 e. The average Bonchev–Trinajstić information content (AvgIpc) is 2.88. The topological polar surface area (TPSA) is 179 Å². The van der Waals surface area contributed by atoms with Gasteiger partial charge in [0.2, 0.25) is 23.5 Å². The lowest BCUT2D eigenvalue weighted by Gasteiger charge is -2.55. The fraction of sp³-hybridized carbons (Fsp3) is 0.778. The third-order valence-electron chi connectivity index (χ3n) is 8.89. The first-order valence-electron chi connectivity index (χ1n) is 14.1. The Bertz CT molecular complexity index is 989. The number of Topliss-reactive ketones (excluding diaryl/α,β-unsaturated/α-hetero) is 1. The van der Waals surface area contributed by atoms with Crippen molar-refractivity contribution in [1.29, 1.82) is 0 Å². The van der Waals surface area contributed by atoms with Crippen molar-refractivity contribution in [2.45, 2.75) is 82.7 Å². The molecule has 12 heteroatoms. The molecule has 5 rings (SSSR count). The van der Waals surface area contributed by atoms with Crippen LogP contribution < -0.4 is 10.6 Å². The lowest BCUT2D eigenvalue weighted by atomic mass is 9.49. The number of carboxylic acid groups (broad SMARTS) is 1. The van der Waals surface area contributed by atoms with E-state index in [1.807, 2.05) is 0 Å². The number of rotatable bonds is 14. The molecule has 1 heterocycles. The van der Waals surface area contributed by atoms with Crippen LogP contribution in [0.1, 0.15) is 70.6 Å². The third kappa shape index (κ3) is 7.30. The molecule has 4 bridgehead atoms. The number of ether oxygens (including phenoxy) is 1. The Morgan fingerprint density at radius 2 is 1.72 bits per heavy atom. The van der Waals surface area contributed by atoms with Crippen molar-refractivity contribution < 1.29 is 38.6 Å². The molecule has 1 aliphatic heterocycles. The van der Waals surface area contributed by atoms with E-state index in [2.05, 4.69) is 15.4 Å². The van der Waals surface area contributed by atoms with Crippen LogP contribution in [-0.4, -0.2) is 88.9 Å². The van der Waals surface area contributed by atoms with Gasteiger partial charge in [-0.15, -0.1) is 0 Å². The van der Waals surface area contributed by atoms with Crippen LogP contribution in [0.15, 0.2) is 0 Å². The van der Waals surface area contributed by atoms with Gasteiger partial charge in [-0.05, 0) is 82.0 Å². The van der Waals surface area contributed by atoms with Gasteiger partial charge < -0.3 is 30.9 Å². The Hall–Kier alpha value is -3.11. The highest BCUT2D eigenvalue weighted by molar-refractivity contribution is 6.25. The minimum absolute atomic E-state index is 0.0649. The monoisotopic (exact) mass is 545 g/mol. The zero-order chi connectivity index (χ0) is 28.0. The number of hydrogen-bond donors (Lipinski definition) is 3. The summed E-state index contributed by atoms with van der Waals surface area (Å²) in [5.41, 5.74) is 8.03. The molecule has 214 valence electrons. The number of carbonyl (C=O) groups is 5. The van der Waals surface area contributed by atoms with Gasteiger partial charge in [0.1, 0.15) is 18.7 Å². The first kappa shape index (κ1) is 28.9. The molecule has 0 radical (unpaired) electrons. The van der Waals surface area contributed by atoms with E-state index in [-0.39, 0.29) is 31.3 Å². The second kappa shape index (κ2) is 12.8. The van der Waals surface area contributed by atoms with Gasteiger partial charge >= 0.3 is 12.2 Å². The maximum Gasteiger partial charge on any atom is 0.326 e. The summed E-state index contributed by atoms with van der Waals surface area (Å²) in [7, 11) is 0. The van der Waals surface area contributed by atoms with Gasteiger partial charge in [0, 0.05) is 24.9 Å². The van der Waals surface area contributed by atoms with E-state index in [0.29, 0.717) is 62.9 Å². The number of ketones is 1. The summed E-state index contributed by atoms with van der Waals surface area (Å²) < 4.78 is 5.16. The molecule has 5 aliphatic rings. The van der Waals surface area contributed by atoms with Crippen LogP contribution in [0.25, 0.3) is 5.53 Å². The quantitative estimate of drug-likeness (QED) is 0.126. The van der Waals surface area contributed by atoms with Crippen LogP contribution in [0.4, 0.5) is 0 Å². The van der Waals surface area contributed by atoms with Gasteiger partial charge in [-0.1, -0.05) is 0 Å². The number of carboxylic acids is 1. The Balaban J connectivity index is 1.39. The molecule has 39 heavy (non-hydrogen) atoms. The molecule has 4 aliphatic carbocycles. The van der Waals surface area contributed by atoms with E-state index in [9.17, 15) is 29.1 Å². The summed E-state index contributed by atoms with van der Waals surface area (Å²) in [6.07, 6.45) is 7.80. The van der Waals surface area contributed by atoms with Gasteiger partial charge in [0.05, 0.1) is 6.61 Å². The number of morpholine rings is 1. The van der Waals surface area contributed by atoms with E-state index in [1.54, 1.807) is 4.90 Å². The Morgan fingerprint density at radius 1 is 1.05 bits per heavy atom. The van der Waals surface area contributed by atoms with Gasteiger partial charge in [-0.3, -0.25) is 19.2 Å². The molecule has 12 nitrogen and oxygen atoms in total. The SMILES string of the molecule is [N-]=[N+]=CC(=O)CC[C@H](NC(=O)[C@H](CCCCN1CCOCC1=O)NC(=O)C12CC3CC(CC(C3)C1)C2)C(=O)O. The predicted molar refractivity (Wildman–Crippen MR) is 137 cm³/mol. The van der Waals surface area contributed by atoms with Crippen molar-refractivity contribution in [2.75, 3.05) is 26.3 Å². The first-order valence-corrected chi connectivity index (χ1v) is 14.1. The molecule has 0 aromatic rings. The first-order chi connectivity index (χ1) is 18.7. The number of hydrogen-bond acceptors (Lipinski definition) is 6. The van der Waals surface area contributed by atoms with E-state index in [0.717, 1.165) is 19.3 Å². The standard InChI is InChI=1S/C27H39N5O7/c28-29-15-20(33)4-5-22(25(36)37)30-24(35)21(3-1-2-6-32-7-8-39-16-23(32)34)31-26(38)27-12-17-9-18(13-27)11-19(10-17)14-27/h15,17-19,21-22H,1-14,16H2,(H,30,35)(H,31,38)(H,36,37)/t17?,18?,19?,21-,22-,27?/m0/s1. The van der Waals surface area contributed by atoms with Crippen molar-refractivity contribution in [1.82, 2.24) is 15.5 Å². The normalized spacial score (nSPS) is 28.8. The molecule has 3 amide bonds. The number of amides is 3. The summed E-state index contributed by atoms with van der Waals surface area (Å²) >= 11 is 0. The van der Waals surface area contributed by atoms with E-state index in [1.165, 1.54) is 19.3 Å². The Kier molecular flexibility index (Phi) is 9.50. The average molecular weight is 546 g/mol. The van der Waals surface area contributed by atoms with Gasteiger partial charge in [0.25, 0.3) is 0 Å². The van der Waals surface area contributed by atoms with Crippen molar-refractivity contribution in [3.05, 3.63) is 5.53 Å². The number of nitrogens with one attached hydrogen (secondary N) is 2. The lowest BCUT2D eigenvalue weighted by Crippen LogP contribution is -2.58. The van der Waals surface area contributed by atoms with Crippen molar-refractivity contribution in [2.24, 2.45) is 23.2 Å². The zero-order valence-electron chi connectivity index (χ0n) is 22.3. The van der Waals surface area contributed by atoms with Crippen molar-refractivity contribution in [3.63, 3.8) is 0 Å². The minimum Gasteiger partial charge on any atom is -0.480 e. The van der Waals surface area contributed by atoms with Crippen LogP contribution in [-0.2, 0) is 28.7 Å². The second-order valence-corrected chi connectivity index (χ2v) is 11.8. The molecule has 0 spiro atoms.